The van der Waals surface area contributed by atoms with Crippen molar-refractivity contribution in [2.45, 2.75) is 26.8 Å². The average molecular weight is 274 g/mol. The highest BCUT2D eigenvalue weighted by atomic mass is 35.5. The third-order valence-corrected chi connectivity index (χ3v) is 3.78. The fourth-order valence-electron chi connectivity index (χ4n) is 2.38. The zero-order valence-corrected chi connectivity index (χ0v) is 12.5. The Hall–Kier alpha value is -1.31. The fraction of sp³-hybridized carbons (Fsp3) is 0.294. The molecule has 0 saturated carbocycles. The fourth-order valence-corrected chi connectivity index (χ4v) is 2.58. The van der Waals surface area contributed by atoms with Gasteiger partial charge in [0.05, 0.1) is 6.04 Å². The van der Waals surface area contributed by atoms with E-state index in [1.807, 2.05) is 18.2 Å². The van der Waals surface area contributed by atoms with Crippen LogP contribution in [-0.2, 0) is 0 Å². The summed E-state index contributed by atoms with van der Waals surface area (Å²) >= 11 is 6.12. The highest BCUT2D eigenvalue weighted by Crippen LogP contribution is 2.27. The molecule has 2 heteroatoms. The molecule has 0 aliphatic rings. The van der Waals surface area contributed by atoms with Crippen LogP contribution >= 0.6 is 11.6 Å². The maximum absolute atomic E-state index is 6.12. The zero-order chi connectivity index (χ0) is 13.8. The van der Waals surface area contributed by atoms with Crippen molar-refractivity contribution in [3.8, 4) is 0 Å². The number of nitrogens with one attached hydrogen (secondary N) is 1. The lowest BCUT2D eigenvalue weighted by molar-refractivity contribution is 0.627. The van der Waals surface area contributed by atoms with Crippen LogP contribution in [0.15, 0.2) is 42.5 Å². The molecule has 2 aromatic carbocycles. The van der Waals surface area contributed by atoms with Crippen LogP contribution in [0.1, 0.15) is 35.2 Å². The Morgan fingerprint density at radius 2 is 1.84 bits per heavy atom. The van der Waals surface area contributed by atoms with Gasteiger partial charge in [0.1, 0.15) is 0 Å². The Bertz CT molecular complexity index is 563. The lowest BCUT2D eigenvalue weighted by Crippen LogP contribution is -2.23. The molecule has 1 nitrogen and oxygen atoms in total. The molecule has 100 valence electrons. The van der Waals surface area contributed by atoms with Gasteiger partial charge in [-0.15, -0.1) is 0 Å². The number of hydrogen-bond acceptors (Lipinski definition) is 1. The molecule has 2 rings (SSSR count). The second-order valence-electron chi connectivity index (χ2n) is 4.83. The van der Waals surface area contributed by atoms with Gasteiger partial charge < -0.3 is 5.32 Å². The van der Waals surface area contributed by atoms with Crippen molar-refractivity contribution in [2.75, 3.05) is 6.54 Å². The maximum Gasteiger partial charge on any atom is 0.0579 e. The summed E-state index contributed by atoms with van der Waals surface area (Å²) in [4.78, 5) is 0. The quantitative estimate of drug-likeness (QED) is 0.855. The first kappa shape index (κ1) is 14.1. The lowest BCUT2D eigenvalue weighted by Gasteiger charge is -2.22. The summed E-state index contributed by atoms with van der Waals surface area (Å²) in [6.45, 7) is 7.38. The largest absolute Gasteiger partial charge is 0.307 e. The third kappa shape index (κ3) is 3.17. The van der Waals surface area contributed by atoms with Gasteiger partial charge in [0.25, 0.3) is 0 Å². The van der Waals surface area contributed by atoms with Crippen molar-refractivity contribution >= 4 is 11.6 Å². The van der Waals surface area contributed by atoms with Crippen LogP contribution in [0, 0.1) is 13.8 Å². The van der Waals surface area contributed by atoms with Gasteiger partial charge in [0.15, 0.2) is 0 Å². The molecular formula is C17H20ClN. The lowest BCUT2D eigenvalue weighted by atomic mass is 9.92. The second-order valence-corrected chi connectivity index (χ2v) is 5.27. The van der Waals surface area contributed by atoms with Crippen molar-refractivity contribution < 1.29 is 0 Å². The number of benzene rings is 2. The number of hydrogen-bond donors (Lipinski definition) is 1. The van der Waals surface area contributed by atoms with E-state index >= 15 is 0 Å². The molecule has 19 heavy (non-hydrogen) atoms. The van der Waals surface area contributed by atoms with Crippen LogP contribution in [-0.4, -0.2) is 6.54 Å². The molecule has 0 fully saturated rings. The minimum Gasteiger partial charge on any atom is -0.307 e. The van der Waals surface area contributed by atoms with Crippen LogP contribution in [0.25, 0.3) is 0 Å². The van der Waals surface area contributed by atoms with E-state index in [4.69, 9.17) is 11.6 Å². The third-order valence-electron chi connectivity index (χ3n) is 3.55. The Morgan fingerprint density at radius 3 is 2.53 bits per heavy atom. The normalized spacial score (nSPS) is 12.4. The van der Waals surface area contributed by atoms with Crippen LogP contribution in [0.3, 0.4) is 0 Å². The summed E-state index contributed by atoms with van der Waals surface area (Å²) in [6.07, 6.45) is 0. The molecule has 0 amide bonds. The predicted molar refractivity (Wildman–Crippen MR) is 82.9 cm³/mol. The molecule has 2 aromatic rings. The summed E-state index contributed by atoms with van der Waals surface area (Å²) in [5.74, 6) is 0. The van der Waals surface area contributed by atoms with Gasteiger partial charge in [-0.05, 0) is 54.8 Å². The smallest absolute Gasteiger partial charge is 0.0579 e. The van der Waals surface area contributed by atoms with Crippen molar-refractivity contribution in [1.82, 2.24) is 5.32 Å². The Balaban J connectivity index is 2.48. The van der Waals surface area contributed by atoms with Gasteiger partial charge in [-0.1, -0.05) is 48.9 Å². The zero-order valence-electron chi connectivity index (χ0n) is 11.7. The molecule has 1 unspecified atom stereocenters. The molecule has 0 radical (unpaired) electrons. The van der Waals surface area contributed by atoms with Gasteiger partial charge in [0.2, 0.25) is 0 Å². The van der Waals surface area contributed by atoms with Crippen LogP contribution < -0.4 is 5.32 Å². The van der Waals surface area contributed by atoms with Crippen molar-refractivity contribution in [3.63, 3.8) is 0 Å². The van der Waals surface area contributed by atoms with E-state index in [-0.39, 0.29) is 6.04 Å². The Kier molecular flexibility index (Phi) is 4.62. The van der Waals surface area contributed by atoms with Crippen LogP contribution in [0.2, 0.25) is 5.02 Å². The van der Waals surface area contributed by atoms with Crippen LogP contribution in [0.4, 0.5) is 0 Å². The van der Waals surface area contributed by atoms with Crippen molar-refractivity contribution in [1.29, 1.82) is 0 Å². The highest BCUT2D eigenvalue weighted by Gasteiger charge is 2.15. The number of halogens is 1. The van der Waals surface area contributed by atoms with E-state index in [0.717, 1.165) is 11.6 Å². The van der Waals surface area contributed by atoms with E-state index in [1.54, 1.807) is 0 Å². The van der Waals surface area contributed by atoms with E-state index in [9.17, 15) is 0 Å². The van der Waals surface area contributed by atoms with Gasteiger partial charge in [-0.3, -0.25) is 0 Å². The minimum atomic E-state index is 0.198. The molecular weight excluding hydrogens is 254 g/mol. The second kappa shape index (κ2) is 6.23. The van der Waals surface area contributed by atoms with Crippen molar-refractivity contribution in [2.24, 2.45) is 0 Å². The van der Waals surface area contributed by atoms with Gasteiger partial charge in [-0.25, -0.2) is 0 Å². The van der Waals surface area contributed by atoms with Gasteiger partial charge >= 0.3 is 0 Å². The average Bonchev–Trinajstić information content (AvgIpc) is 2.40. The van der Waals surface area contributed by atoms with E-state index in [1.165, 1.54) is 22.3 Å². The predicted octanol–water partition coefficient (Wildman–Crippen LogP) is 4.66. The molecule has 0 spiro atoms. The topological polar surface area (TPSA) is 12.0 Å². The number of aryl methyl sites for hydroxylation is 1. The highest BCUT2D eigenvalue weighted by molar-refractivity contribution is 6.30. The first-order valence-corrected chi connectivity index (χ1v) is 7.06. The van der Waals surface area contributed by atoms with Gasteiger partial charge in [-0.2, -0.15) is 0 Å². The maximum atomic E-state index is 6.12. The van der Waals surface area contributed by atoms with Crippen LogP contribution in [0.5, 0.6) is 0 Å². The summed E-state index contributed by atoms with van der Waals surface area (Å²) in [6, 6.07) is 14.7. The minimum absolute atomic E-state index is 0.198. The first-order valence-electron chi connectivity index (χ1n) is 6.68. The summed E-state index contributed by atoms with van der Waals surface area (Å²) < 4.78 is 0. The molecule has 0 aromatic heterocycles. The van der Waals surface area contributed by atoms with E-state index in [2.05, 4.69) is 50.4 Å². The van der Waals surface area contributed by atoms with Crippen molar-refractivity contribution in [3.05, 3.63) is 69.7 Å². The summed E-state index contributed by atoms with van der Waals surface area (Å²) in [5, 5.41) is 4.33. The molecule has 0 heterocycles. The molecule has 0 bridgehead atoms. The van der Waals surface area contributed by atoms with E-state index in [0.29, 0.717) is 0 Å². The molecule has 0 aliphatic heterocycles. The monoisotopic (exact) mass is 273 g/mol. The summed E-state index contributed by atoms with van der Waals surface area (Å²) in [7, 11) is 0. The SMILES string of the molecule is CCNC(c1cccc(Cl)c1)c1cccc(C)c1C. The Morgan fingerprint density at radius 1 is 1.11 bits per heavy atom. The molecule has 1 atom stereocenters. The van der Waals surface area contributed by atoms with E-state index < -0.39 is 0 Å². The standard InChI is InChI=1S/C17H20ClN/c1-4-19-17(14-8-6-9-15(18)11-14)16-10-5-7-12(2)13(16)3/h5-11,17,19H,4H2,1-3H3. The number of rotatable bonds is 4. The molecule has 1 N–H and O–H groups in total. The first-order chi connectivity index (χ1) is 9.13. The molecule has 0 saturated heterocycles. The summed E-state index contributed by atoms with van der Waals surface area (Å²) in [5.41, 5.74) is 5.20. The Labute approximate surface area is 120 Å². The molecule has 0 aliphatic carbocycles. The van der Waals surface area contributed by atoms with Gasteiger partial charge in [0, 0.05) is 5.02 Å².